The highest BCUT2D eigenvalue weighted by atomic mass is 35.5. The quantitative estimate of drug-likeness (QED) is 0.0784. The molecule has 15 nitrogen and oxygen atoms in total. The van der Waals surface area contributed by atoms with Crippen molar-refractivity contribution >= 4 is 79.8 Å². The Morgan fingerprint density at radius 1 is 0.729 bits per heavy atom. The summed E-state index contributed by atoms with van der Waals surface area (Å²) < 4.78 is 84.1. The molecule has 6 unspecified atom stereocenters. The van der Waals surface area contributed by atoms with Crippen molar-refractivity contribution < 1.29 is 50.8 Å². The van der Waals surface area contributed by atoms with Gasteiger partial charge in [0.25, 0.3) is 0 Å². The van der Waals surface area contributed by atoms with E-state index in [0.29, 0.717) is 81.4 Å². The standard InChI is InChI=1S/C49H42Cl2F4N8O7/c1-5-40(64)62-18-23-11-24(19-62)45(23)68-38-15-29-34(17-36(38)66-3)57-22-59-48(29)61-32-9-8-27(42(51)43(32)52)44-30-12-25(20-63(44)41(65)6-2)46(30)69-39-14-28-33(16-37(39)67-4)56-21-58-47(28)60-26-7-10-35(31(50)13-26)70-49(53,54)55/h5-10,13-17,21-25,30,44-46H,1-2,11-12,18-20H2,3-4H3,(H,56,58,60)(H,57,59,61). The van der Waals surface area contributed by atoms with E-state index in [-0.39, 0.29) is 69.7 Å². The zero-order chi connectivity index (χ0) is 49.2. The third-order valence-electron chi connectivity index (χ3n) is 13.5. The number of ether oxygens (including phenoxy) is 5. The van der Waals surface area contributed by atoms with Crippen LogP contribution in [-0.2, 0) is 9.59 Å². The fourth-order valence-electron chi connectivity index (χ4n) is 10.2. The van der Waals surface area contributed by atoms with Crippen LogP contribution in [0.1, 0.15) is 24.4 Å². The minimum Gasteiger partial charge on any atom is -0.493 e. The van der Waals surface area contributed by atoms with Crippen LogP contribution in [0, 0.1) is 29.5 Å². The molecule has 2 aliphatic carbocycles. The Labute approximate surface area is 407 Å². The number of halogens is 6. The number of hydrogen-bond donors (Lipinski definition) is 2. The van der Waals surface area contributed by atoms with Crippen LogP contribution in [0.5, 0.6) is 28.7 Å². The van der Waals surface area contributed by atoms with Crippen LogP contribution in [0.25, 0.3) is 21.8 Å². The Balaban J connectivity index is 0.913. The number of piperidine rings is 4. The van der Waals surface area contributed by atoms with Crippen molar-refractivity contribution in [3.05, 3.63) is 114 Å². The van der Waals surface area contributed by atoms with Gasteiger partial charge in [-0.1, -0.05) is 42.4 Å². The monoisotopic (exact) mass is 1000 g/mol. The first-order chi connectivity index (χ1) is 33.6. The van der Waals surface area contributed by atoms with Crippen LogP contribution in [-0.4, -0.2) is 94.0 Å². The molecule has 3 aliphatic heterocycles. The summed E-state index contributed by atoms with van der Waals surface area (Å²) in [6.07, 6.45) is 1.20. The summed E-state index contributed by atoms with van der Waals surface area (Å²) in [6, 6.07) is 13.0. The van der Waals surface area contributed by atoms with Crippen molar-refractivity contribution in [1.29, 1.82) is 0 Å². The minimum absolute atomic E-state index is 0.0182. The van der Waals surface area contributed by atoms with Crippen molar-refractivity contribution in [3.63, 3.8) is 0 Å². The molecule has 362 valence electrons. The number of hydrogen-bond acceptors (Lipinski definition) is 13. The Hall–Kier alpha value is -7.12. The maximum atomic E-state index is 16.7. The molecule has 0 spiro atoms. The molecule has 6 aromatic rings. The van der Waals surface area contributed by atoms with Gasteiger partial charge in [-0.05, 0) is 67.0 Å². The Morgan fingerprint density at radius 2 is 1.33 bits per heavy atom. The average Bonchev–Trinajstić information content (AvgIpc) is 3.35. The summed E-state index contributed by atoms with van der Waals surface area (Å²) in [5.41, 5.74) is 1.67. The number of benzene rings is 4. The van der Waals surface area contributed by atoms with Gasteiger partial charge in [-0.25, -0.2) is 24.3 Å². The van der Waals surface area contributed by atoms with Gasteiger partial charge in [0.2, 0.25) is 11.8 Å². The Morgan fingerprint density at radius 3 is 1.91 bits per heavy atom. The fraction of sp³-hybridized carbons (Fsp3) is 0.306. The average molecular weight is 1000 g/mol. The summed E-state index contributed by atoms with van der Waals surface area (Å²) in [7, 11) is 3.01. The van der Waals surface area contributed by atoms with E-state index < -0.39 is 30.1 Å². The van der Waals surface area contributed by atoms with Crippen LogP contribution < -0.4 is 34.3 Å². The summed E-state index contributed by atoms with van der Waals surface area (Å²) in [4.78, 5) is 46.8. The molecule has 21 heteroatoms. The third kappa shape index (κ3) is 8.54. The SMILES string of the molecule is C=CC(=O)N1CC2CC(C1)C2Oc1cc2c(Nc3ccc(C4C5CC(CN4C(=O)C=C)C5Oc4cc5c(Nc6ccc(OC(F)(F)F)c(Cl)c6)ncnc5cc4OC)c(Cl)c3F)ncnc2cc1OC. The molecule has 4 bridgehead atoms. The molecule has 6 atom stereocenters. The molecule has 4 aromatic carbocycles. The number of fused-ring (bicyclic) bond motifs is 6. The van der Waals surface area contributed by atoms with Crippen molar-refractivity contribution in [3.8, 4) is 28.7 Å². The van der Waals surface area contributed by atoms with Crippen molar-refractivity contribution in [2.45, 2.75) is 37.5 Å². The van der Waals surface area contributed by atoms with E-state index in [9.17, 15) is 22.8 Å². The van der Waals surface area contributed by atoms with Gasteiger partial charge in [0.1, 0.15) is 42.2 Å². The second-order valence-electron chi connectivity index (χ2n) is 17.4. The fourth-order valence-corrected chi connectivity index (χ4v) is 10.7. The molecule has 2 N–H and O–H groups in total. The molecule has 3 saturated heterocycles. The number of rotatable bonds is 14. The molecule has 2 saturated carbocycles. The lowest BCUT2D eigenvalue weighted by Gasteiger charge is -2.57. The van der Waals surface area contributed by atoms with Gasteiger partial charge < -0.3 is 44.1 Å². The molecule has 11 rings (SSSR count). The topological polar surface area (TPSA) is 162 Å². The lowest BCUT2D eigenvalue weighted by molar-refractivity contribution is -0.274. The maximum Gasteiger partial charge on any atom is 0.573 e. The molecular weight excluding hydrogens is 959 g/mol. The molecule has 5 fully saturated rings. The van der Waals surface area contributed by atoms with Gasteiger partial charge in [0, 0.05) is 71.9 Å². The lowest BCUT2D eigenvalue weighted by Crippen LogP contribution is -2.62. The number of anilines is 4. The van der Waals surface area contributed by atoms with E-state index in [1.807, 2.05) is 0 Å². The van der Waals surface area contributed by atoms with Crippen molar-refractivity contribution in [2.24, 2.45) is 23.7 Å². The van der Waals surface area contributed by atoms with Gasteiger partial charge >= 0.3 is 6.36 Å². The number of methoxy groups -OCH3 is 2. The van der Waals surface area contributed by atoms with Crippen molar-refractivity contribution in [1.82, 2.24) is 29.7 Å². The Bertz CT molecular complexity index is 3100. The van der Waals surface area contributed by atoms with Crippen LogP contribution >= 0.6 is 23.2 Å². The zero-order valence-corrected chi connectivity index (χ0v) is 38.8. The molecule has 70 heavy (non-hydrogen) atoms. The number of nitrogens with one attached hydrogen (secondary N) is 2. The smallest absolute Gasteiger partial charge is 0.493 e. The van der Waals surface area contributed by atoms with Crippen LogP contribution in [0.15, 0.2) is 92.6 Å². The Kier molecular flexibility index (Phi) is 12.2. The second kappa shape index (κ2) is 18.3. The second-order valence-corrected chi connectivity index (χ2v) is 18.2. The summed E-state index contributed by atoms with van der Waals surface area (Å²) in [5, 5.41) is 6.70. The van der Waals surface area contributed by atoms with Crippen LogP contribution in [0.4, 0.5) is 40.6 Å². The summed E-state index contributed by atoms with van der Waals surface area (Å²) >= 11 is 13.1. The predicted octanol–water partition coefficient (Wildman–Crippen LogP) is 9.99. The van der Waals surface area contributed by atoms with Gasteiger partial charge in [-0.2, -0.15) is 0 Å². The number of carbonyl (C=O) groups is 2. The highest BCUT2D eigenvalue weighted by Gasteiger charge is 2.56. The molecular formula is C49H42Cl2F4N8O7. The van der Waals surface area contributed by atoms with E-state index >= 15 is 4.39 Å². The molecule has 5 aliphatic rings. The maximum absolute atomic E-state index is 16.7. The van der Waals surface area contributed by atoms with Gasteiger partial charge in [-0.15, -0.1) is 13.2 Å². The first-order valence-corrected chi connectivity index (χ1v) is 22.8. The highest BCUT2D eigenvalue weighted by Crippen LogP contribution is 2.55. The summed E-state index contributed by atoms with van der Waals surface area (Å²) in [6.45, 7) is 8.71. The molecule has 2 aromatic heterocycles. The number of nitrogens with zero attached hydrogens (tertiary/aromatic N) is 6. The minimum atomic E-state index is -4.93. The van der Waals surface area contributed by atoms with Crippen molar-refractivity contribution in [2.75, 3.05) is 44.5 Å². The van der Waals surface area contributed by atoms with Gasteiger partial charge in [0.15, 0.2) is 28.8 Å². The first-order valence-electron chi connectivity index (χ1n) is 22.1. The first kappa shape index (κ1) is 46.6. The van der Waals surface area contributed by atoms with Crippen LogP contribution in [0.3, 0.4) is 0 Å². The van der Waals surface area contributed by atoms with E-state index in [1.54, 1.807) is 46.2 Å². The zero-order valence-electron chi connectivity index (χ0n) is 37.3. The van der Waals surface area contributed by atoms with E-state index in [0.717, 1.165) is 12.5 Å². The van der Waals surface area contributed by atoms with E-state index in [1.165, 1.54) is 51.2 Å². The number of amides is 2. The molecule has 2 amide bonds. The van der Waals surface area contributed by atoms with E-state index in [4.69, 9.17) is 42.1 Å². The largest absolute Gasteiger partial charge is 0.573 e. The molecule has 0 radical (unpaired) electrons. The number of aromatic nitrogens is 4. The predicted molar refractivity (Wildman–Crippen MR) is 252 cm³/mol. The normalized spacial score (nSPS) is 22.3. The number of likely N-dealkylation sites (tertiary alicyclic amines) is 1. The van der Waals surface area contributed by atoms with Gasteiger partial charge in [-0.3, -0.25) is 9.59 Å². The summed E-state index contributed by atoms with van der Waals surface area (Å²) in [5.74, 6) is 0.133. The van der Waals surface area contributed by atoms with E-state index in [2.05, 4.69) is 48.5 Å². The number of alkyl halides is 3. The van der Waals surface area contributed by atoms with Crippen LogP contribution in [0.2, 0.25) is 10.0 Å². The molecule has 5 heterocycles. The third-order valence-corrected chi connectivity index (χ3v) is 14.2. The lowest BCUT2D eigenvalue weighted by atomic mass is 9.62. The highest BCUT2D eigenvalue weighted by molar-refractivity contribution is 6.32. The number of carbonyl (C=O) groups excluding carboxylic acids is 2. The van der Waals surface area contributed by atoms with Gasteiger partial charge in [0.05, 0.1) is 47.0 Å².